The molecule has 0 aliphatic rings. The molecule has 3 aromatic rings. The highest BCUT2D eigenvalue weighted by atomic mass is 32.2. The van der Waals surface area contributed by atoms with E-state index in [0.29, 0.717) is 29.0 Å². The fraction of sp³-hybridized carbons (Fsp3) is 0.412. The van der Waals surface area contributed by atoms with Gasteiger partial charge in [-0.1, -0.05) is 12.1 Å². The van der Waals surface area contributed by atoms with Crippen molar-refractivity contribution in [3.05, 3.63) is 39.4 Å². The summed E-state index contributed by atoms with van der Waals surface area (Å²) in [5.41, 5.74) is 1.53. The Hall–Kier alpha value is -2.79. The topological polar surface area (TPSA) is 120 Å². The second-order valence-corrected chi connectivity index (χ2v) is 8.27. The Morgan fingerprint density at radius 2 is 1.96 bits per heavy atom. The van der Waals surface area contributed by atoms with E-state index < -0.39 is 15.7 Å². The third kappa shape index (κ3) is 4.04. The van der Waals surface area contributed by atoms with E-state index in [4.69, 9.17) is 8.81 Å². The number of aryl methyl sites for hydroxylation is 2. The van der Waals surface area contributed by atoms with Gasteiger partial charge in [-0.2, -0.15) is 13.4 Å². The summed E-state index contributed by atoms with van der Waals surface area (Å²) in [5, 5.41) is 3.83. The number of hydrogen-bond acceptors (Lipinski definition) is 9. The van der Waals surface area contributed by atoms with Gasteiger partial charge >= 0.3 is 15.7 Å². The monoisotopic (exact) mass is 407 g/mol. The highest BCUT2D eigenvalue weighted by Crippen LogP contribution is 2.21. The van der Waals surface area contributed by atoms with Crippen LogP contribution in [0, 0.1) is 6.92 Å². The largest absolute Gasteiger partial charge is 0.332 e. The van der Waals surface area contributed by atoms with E-state index in [1.54, 1.807) is 12.1 Å². The summed E-state index contributed by atoms with van der Waals surface area (Å²) in [4.78, 5) is 23.3. The van der Waals surface area contributed by atoms with E-state index in [2.05, 4.69) is 15.1 Å². The second kappa shape index (κ2) is 7.32. The van der Waals surface area contributed by atoms with Gasteiger partial charge in [-0.15, -0.1) is 4.73 Å². The molecule has 2 heterocycles. The number of fused-ring (bicyclic) bond motifs is 1. The maximum Gasteiger partial charge on any atom is 0.324 e. The average Bonchev–Trinajstić information content (AvgIpc) is 3.03. The molecule has 0 radical (unpaired) electrons. The molecular weight excluding hydrogens is 386 g/mol. The van der Waals surface area contributed by atoms with Crippen molar-refractivity contribution in [1.29, 1.82) is 0 Å². The molecule has 2 aromatic heterocycles. The fourth-order valence-electron chi connectivity index (χ4n) is 2.78. The molecule has 0 fully saturated rings. The van der Waals surface area contributed by atoms with Crippen LogP contribution in [0.1, 0.15) is 23.9 Å². The quantitative estimate of drug-likeness (QED) is 0.583. The van der Waals surface area contributed by atoms with Crippen molar-refractivity contribution >= 4 is 21.2 Å². The number of nitrogens with zero attached hydrogens (tertiary/aromatic N) is 5. The minimum Gasteiger partial charge on any atom is -0.332 e. The van der Waals surface area contributed by atoms with Crippen LogP contribution in [0.2, 0.25) is 0 Å². The van der Waals surface area contributed by atoms with Gasteiger partial charge in [-0.3, -0.25) is 9.08 Å². The summed E-state index contributed by atoms with van der Waals surface area (Å²) in [6.07, 6.45) is 1.57. The number of hydrogen-bond donors (Lipinski definition) is 0. The summed E-state index contributed by atoms with van der Waals surface area (Å²) >= 11 is 0. The van der Waals surface area contributed by atoms with Gasteiger partial charge < -0.3 is 9.42 Å². The molecule has 11 heteroatoms. The lowest BCUT2D eigenvalue weighted by atomic mass is 10.1. The standard InChI is InChI=1S/C17H21N5O5S/c1-6-11-8-13-12(7-10(11)2)18-15(17(23)22(13)27-28(5,24)25)16-19-14(20-26-16)9-21(3)4/h7-8H,6,9H2,1-5H3. The van der Waals surface area contributed by atoms with Crippen LogP contribution in [0.25, 0.3) is 22.6 Å². The lowest BCUT2D eigenvalue weighted by molar-refractivity contribution is 0.283. The van der Waals surface area contributed by atoms with Gasteiger partial charge in [0.05, 0.1) is 18.3 Å². The zero-order valence-corrected chi connectivity index (χ0v) is 17.1. The minimum atomic E-state index is -3.97. The van der Waals surface area contributed by atoms with Gasteiger partial charge in [-0.25, -0.2) is 4.98 Å². The van der Waals surface area contributed by atoms with Crippen molar-refractivity contribution in [2.45, 2.75) is 26.8 Å². The second-order valence-electron chi connectivity index (χ2n) is 6.71. The minimum absolute atomic E-state index is 0.105. The molecule has 0 aliphatic heterocycles. The molecule has 0 N–H and O–H groups in total. The Morgan fingerprint density at radius 3 is 2.57 bits per heavy atom. The van der Waals surface area contributed by atoms with Gasteiger partial charge in [0.25, 0.3) is 5.89 Å². The highest BCUT2D eigenvalue weighted by molar-refractivity contribution is 7.86. The van der Waals surface area contributed by atoms with Crippen LogP contribution in [-0.2, 0) is 23.1 Å². The summed E-state index contributed by atoms with van der Waals surface area (Å²) in [7, 11) is -0.291. The number of aromatic nitrogens is 4. The van der Waals surface area contributed by atoms with Crippen LogP contribution in [0.5, 0.6) is 0 Å². The maximum atomic E-state index is 12.9. The fourth-order valence-corrected chi connectivity index (χ4v) is 3.20. The number of rotatable bonds is 6. The van der Waals surface area contributed by atoms with Crippen LogP contribution in [0.15, 0.2) is 21.5 Å². The third-order valence-electron chi connectivity index (χ3n) is 3.99. The van der Waals surface area contributed by atoms with E-state index in [9.17, 15) is 13.2 Å². The first-order valence-corrected chi connectivity index (χ1v) is 10.3. The Labute approximate surface area is 161 Å². The van der Waals surface area contributed by atoms with E-state index in [1.807, 2.05) is 32.8 Å². The molecule has 10 nitrogen and oxygen atoms in total. The number of benzene rings is 1. The van der Waals surface area contributed by atoms with Crippen molar-refractivity contribution in [3.63, 3.8) is 0 Å². The maximum absolute atomic E-state index is 12.9. The van der Waals surface area contributed by atoms with Crippen LogP contribution in [-0.4, -0.2) is 53.5 Å². The first-order valence-electron chi connectivity index (χ1n) is 8.53. The van der Waals surface area contributed by atoms with E-state index >= 15 is 0 Å². The Bertz CT molecular complexity index is 1200. The molecule has 0 saturated carbocycles. The molecule has 0 saturated heterocycles. The zero-order valence-electron chi connectivity index (χ0n) is 16.3. The molecule has 0 spiro atoms. The predicted molar refractivity (Wildman–Crippen MR) is 102 cm³/mol. The molecule has 0 amide bonds. The SMILES string of the molecule is CCc1cc2c(cc1C)nc(-c1nc(CN(C)C)no1)c(=O)n2OS(C)(=O)=O. The van der Waals surface area contributed by atoms with E-state index in [1.165, 1.54) is 0 Å². The van der Waals surface area contributed by atoms with Gasteiger partial charge in [0.2, 0.25) is 0 Å². The summed E-state index contributed by atoms with van der Waals surface area (Å²) in [6, 6.07) is 3.45. The van der Waals surface area contributed by atoms with Crippen molar-refractivity contribution in [2.75, 3.05) is 20.4 Å². The first kappa shape index (κ1) is 20.0. The zero-order chi connectivity index (χ0) is 20.6. The van der Waals surface area contributed by atoms with Gasteiger partial charge in [0.1, 0.15) is 5.52 Å². The summed E-state index contributed by atoms with van der Waals surface area (Å²) < 4.78 is 34.3. The molecule has 1 aromatic carbocycles. The lowest BCUT2D eigenvalue weighted by Gasteiger charge is -2.12. The molecule has 3 rings (SSSR count). The summed E-state index contributed by atoms with van der Waals surface area (Å²) in [5.74, 6) is 0.265. The van der Waals surface area contributed by atoms with Crippen molar-refractivity contribution < 1.29 is 17.2 Å². The molecule has 28 heavy (non-hydrogen) atoms. The Kier molecular flexibility index (Phi) is 5.22. The molecular formula is C17H21N5O5S. The smallest absolute Gasteiger partial charge is 0.324 e. The Balaban J connectivity index is 2.28. The van der Waals surface area contributed by atoms with Crippen LogP contribution in [0.3, 0.4) is 0 Å². The van der Waals surface area contributed by atoms with Gasteiger partial charge in [-0.05, 0) is 50.7 Å². The van der Waals surface area contributed by atoms with Crippen LogP contribution in [0.4, 0.5) is 0 Å². The van der Waals surface area contributed by atoms with Crippen molar-refractivity contribution in [2.24, 2.45) is 0 Å². The van der Waals surface area contributed by atoms with E-state index in [0.717, 1.165) is 17.4 Å². The molecule has 0 bridgehead atoms. The van der Waals surface area contributed by atoms with Gasteiger partial charge in [0, 0.05) is 0 Å². The average molecular weight is 407 g/mol. The highest BCUT2D eigenvalue weighted by Gasteiger charge is 2.22. The molecule has 150 valence electrons. The summed E-state index contributed by atoms with van der Waals surface area (Å²) in [6.45, 7) is 4.28. The molecule has 0 aliphatic carbocycles. The van der Waals surface area contributed by atoms with E-state index in [-0.39, 0.29) is 17.1 Å². The van der Waals surface area contributed by atoms with Gasteiger partial charge in [0.15, 0.2) is 11.5 Å². The predicted octanol–water partition coefficient (Wildman–Crippen LogP) is 0.767. The third-order valence-corrected chi connectivity index (χ3v) is 4.41. The molecule has 0 atom stereocenters. The molecule has 0 unspecified atom stereocenters. The van der Waals surface area contributed by atoms with Crippen molar-refractivity contribution in [3.8, 4) is 11.6 Å². The normalized spacial score (nSPS) is 12.1. The lowest BCUT2D eigenvalue weighted by Crippen LogP contribution is -2.32. The van der Waals surface area contributed by atoms with Crippen LogP contribution >= 0.6 is 0 Å². The Morgan fingerprint density at radius 1 is 1.25 bits per heavy atom. The van der Waals surface area contributed by atoms with Crippen LogP contribution < -0.4 is 9.84 Å². The van der Waals surface area contributed by atoms with Crippen molar-refractivity contribution in [1.82, 2.24) is 24.8 Å². The first-order chi connectivity index (χ1) is 13.1.